The second-order valence-electron chi connectivity index (χ2n) is 9.53. The summed E-state index contributed by atoms with van der Waals surface area (Å²) in [6.07, 6.45) is 0.381. The summed E-state index contributed by atoms with van der Waals surface area (Å²) in [4.78, 5) is 64.4. The van der Waals surface area contributed by atoms with Crippen LogP contribution in [0.3, 0.4) is 0 Å². The molecule has 0 aliphatic heterocycles. The van der Waals surface area contributed by atoms with Gasteiger partial charge in [-0.1, -0.05) is 42.5 Å². The molecule has 13 nitrogen and oxygen atoms in total. The molecular formula is C28H38N6O7S. The van der Waals surface area contributed by atoms with Crippen LogP contribution in [0.25, 0.3) is 0 Å². The van der Waals surface area contributed by atoms with Gasteiger partial charge < -0.3 is 42.1 Å². The number of amides is 5. The lowest BCUT2D eigenvalue weighted by Crippen LogP contribution is -2.57. The molecule has 0 saturated heterocycles. The van der Waals surface area contributed by atoms with E-state index >= 15 is 0 Å². The Hall–Kier alpha value is -4.14. The van der Waals surface area contributed by atoms with Crippen LogP contribution in [0.15, 0.2) is 54.6 Å². The van der Waals surface area contributed by atoms with Gasteiger partial charge in [0.15, 0.2) is 0 Å². The summed E-state index contributed by atoms with van der Waals surface area (Å²) >= 11 is 4.17. The number of benzene rings is 2. The molecule has 2 rings (SSSR count). The lowest BCUT2D eigenvalue weighted by molar-refractivity contribution is -0.140. The summed E-state index contributed by atoms with van der Waals surface area (Å²) in [6, 6.07) is 11.1. The molecule has 0 aromatic heterocycles. The molecule has 14 heteroatoms. The van der Waals surface area contributed by atoms with Crippen molar-refractivity contribution < 1.29 is 34.2 Å². The van der Waals surface area contributed by atoms with Crippen molar-refractivity contribution in [3.05, 3.63) is 65.7 Å². The third-order valence-electron chi connectivity index (χ3n) is 6.55. The fourth-order valence-corrected chi connectivity index (χ4v) is 4.22. The Labute approximate surface area is 249 Å². The zero-order valence-corrected chi connectivity index (χ0v) is 24.3. The number of nitrogens with one attached hydrogen (secondary N) is 4. The van der Waals surface area contributed by atoms with E-state index in [9.17, 15) is 34.2 Å². The molecular weight excluding hydrogens is 564 g/mol. The highest BCUT2D eigenvalue weighted by Crippen LogP contribution is 2.12. The van der Waals surface area contributed by atoms with E-state index in [1.54, 1.807) is 49.5 Å². The third kappa shape index (κ3) is 10.4. The van der Waals surface area contributed by atoms with Crippen molar-refractivity contribution in [1.29, 1.82) is 0 Å². The topological polar surface area (TPSA) is 203 Å². The number of phenolic OH excluding ortho intramolecular Hbond substituents is 1. The Bertz CT molecular complexity index is 1210. The number of aliphatic hydroxyl groups excluding tert-OH is 1. The summed E-state index contributed by atoms with van der Waals surface area (Å²) < 4.78 is 0. The smallest absolute Gasteiger partial charge is 0.243 e. The molecule has 0 aliphatic carbocycles. The summed E-state index contributed by atoms with van der Waals surface area (Å²) in [6.45, 7) is -1.21. The minimum atomic E-state index is -1.34. The Morgan fingerprint density at radius 3 is 2.00 bits per heavy atom. The molecule has 0 bridgehead atoms. The van der Waals surface area contributed by atoms with Crippen molar-refractivity contribution in [3.63, 3.8) is 0 Å². The largest absolute Gasteiger partial charge is 0.508 e. The minimum absolute atomic E-state index is 0.0497. The number of likely N-dealkylation sites (N-methyl/N-ethyl adjacent to an activating group) is 2. The SMILES string of the molecule is CN[C@@H](Cc1ccc(O)cc1)C(=O)N[C@H](CS)C(=O)NCC(=O)N(C)[C@@H](Cc1ccccc1)C(=O)N[C@H](CO)C(N)=O. The van der Waals surface area contributed by atoms with Gasteiger partial charge in [0.05, 0.1) is 19.2 Å². The Kier molecular flexibility index (Phi) is 13.8. The van der Waals surface area contributed by atoms with E-state index in [2.05, 4.69) is 33.9 Å². The van der Waals surface area contributed by atoms with E-state index in [4.69, 9.17) is 5.73 Å². The van der Waals surface area contributed by atoms with Crippen LogP contribution in [0.2, 0.25) is 0 Å². The van der Waals surface area contributed by atoms with Gasteiger partial charge in [0.25, 0.3) is 0 Å². The van der Waals surface area contributed by atoms with Crippen molar-refractivity contribution in [3.8, 4) is 5.75 Å². The number of thiol groups is 1. The highest BCUT2D eigenvalue weighted by molar-refractivity contribution is 7.80. The number of nitrogens with zero attached hydrogens (tertiary/aromatic N) is 1. The molecule has 0 spiro atoms. The van der Waals surface area contributed by atoms with Gasteiger partial charge in [-0.15, -0.1) is 0 Å². The molecule has 0 heterocycles. The predicted octanol–water partition coefficient (Wildman–Crippen LogP) is -1.91. The molecule has 4 atom stereocenters. The van der Waals surface area contributed by atoms with E-state index in [1.807, 2.05) is 0 Å². The van der Waals surface area contributed by atoms with Crippen LogP contribution in [-0.2, 0) is 36.8 Å². The number of carbonyl (C=O) groups excluding carboxylic acids is 5. The summed E-state index contributed by atoms with van der Waals surface area (Å²) in [5.41, 5.74) is 6.74. The van der Waals surface area contributed by atoms with E-state index in [0.717, 1.165) is 16.0 Å². The number of primary amides is 1. The molecule has 228 valence electrons. The molecule has 0 unspecified atom stereocenters. The van der Waals surface area contributed by atoms with Gasteiger partial charge in [0.1, 0.15) is 23.9 Å². The van der Waals surface area contributed by atoms with Gasteiger partial charge in [-0.2, -0.15) is 12.6 Å². The maximum atomic E-state index is 13.0. The van der Waals surface area contributed by atoms with Gasteiger partial charge in [-0.3, -0.25) is 24.0 Å². The Morgan fingerprint density at radius 2 is 1.45 bits per heavy atom. The van der Waals surface area contributed by atoms with Gasteiger partial charge in [-0.05, 0) is 36.7 Å². The fraction of sp³-hybridized carbons (Fsp3) is 0.393. The van der Waals surface area contributed by atoms with Crippen molar-refractivity contribution in [2.24, 2.45) is 5.73 Å². The monoisotopic (exact) mass is 602 g/mol. The zero-order valence-electron chi connectivity index (χ0n) is 23.4. The van der Waals surface area contributed by atoms with E-state index in [-0.39, 0.29) is 17.9 Å². The standard InChI is InChI=1S/C28H38N6O7S/c1-30-20(12-18-8-10-19(36)11-9-18)27(40)33-22(16-42)26(39)31-14-24(37)34(2)23(13-17-6-4-3-5-7-17)28(41)32-21(15-35)25(29)38/h3-11,20-23,30,35-36,42H,12-16H2,1-2H3,(H2,29,38)(H,31,39)(H,32,41)(H,33,40)/t20-,21+,22+,23-/m0/s1. The number of nitrogens with two attached hydrogens (primary N) is 1. The molecule has 5 amide bonds. The molecule has 0 radical (unpaired) electrons. The predicted molar refractivity (Wildman–Crippen MR) is 158 cm³/mol. The van der Waals surface area contributed by atoms with Crippen molar-refractivity contribution >= 4 is 42.2 Å². The number of aliphatic hydroxyl groups is 1. The molecule has 42 heavy (non-hydrogen) atoms. The van der Waals surface area contributed by atoms with Crippen LogP contribution >= 0.6 is 12.6 Å². The van der Waals surface area contributed by atoms with E-state index in [1.165, 1.54) is 19.2 Å². The minimum Gasteiger partial charge on any atom is -0.508 e. The first kappa shape index (κ1) is 34.1. The first-order chi connectivity index (χ1) is 20.0. The molecule has 8 N–H and O–H groups in total. The maximum absolute atomic E-state index is 13.0. The van der Waals surface area contributed by atoms with Crippen LogP contribution < -0.4 is 27.0 Å². The van der Waals surface area contributed by atoms with Crippen LogP contribution in [0.4, 0.5) is 0 Å². The fourth-order valence-electron chi connectivity index (χ4n) is 3.96. The van der Waals surface area contributed by atoms with Crippen LogP contribution in [-0.4, -0.2) is 102 Å². The quantitative estimate of drug-likeness (QED) is 0.102. The molecule has 0 aliphatic rings. The number of rotatable bonds is 16. The number of carbonyl (C=O) groups is 5. The molecule has 2 aromatic carbocycles. The second kappa shape index (κ2) is 17.0. The summed E-state index contributed by atoms with van der Waals surface area (Å²) in [5, 5.41) is 29.2. The van der Waals surface area contributed by atoms with E-state index in [0.29, 0.717) is 6.42 Å². The van der Waals surface area contributed by atoms with Crippen LogP contribution in [0, 0.1) is 0 Å². The highest BCUT2D eigenvalue weighted by atomic mass is 32.1. The van der Waals surface area contributed by atoms with Crippen molar-refractivity contribution in [2.75, 3.05) is 33.0 Å². The third-order valence-corrected chi connectivity index (χ3v) is 6.91. The average Bonchev–Trinajstić information content (AvgIpc) is 2.99. The van der Waals surface area contributed by atoms with Gasteiger partial charge in [-0.25, -0.2) is 0 Å². The van der Waals surface area contributed by atoms with Gasteiger partial charge >= 0.3 is 0 Å². The zero-order chi connectivity index (χ0) is 31.2. The average molecular weight is 603 g/mol. The first-order valence-corrected chi connectivity index (χ1v) is 13.8. The molecule has 0 saturated carbocycles. The maximum Gasteiger partial charge on any atom is 0.243 e. The van der Waals surface area contributed by atoms with Crippen LogP contribution in [0.1, 0.15) is 11.1 Å². The Morgan fingerprint density at radius 1 is 0.857 bits per heavy atom. The summed E-state index contributed by atoms with van der Waals surface area (Å²) in [5.74, 6) is -3.34. The number of hydrogen-bond acceptors (Lipinski definition) is 9. The molecule has 2 aromatic rings. The summed E-state index contributed by atoms with van der Waals surface area (Å²) in [7, 11) is 2.97. The van der Waals surface area contributed by atoms with Crippen LogP contribution in [0.5, 0.6) is 5.75 Å². The van der Waals surface area contributed by atoms with Gasteiger partial charge in [0, 0.05) is 19.2 Å². The van der Waals surface area contributed by atoms with Gasteiger partial charge in [0.2, 0.25) is 29.5 Å². The van der Waals surface area contributed by atoms with Crippen molar-refractivity contribution in [1.82, 2.24) is 26.2 Å². The highest BCUT2D eigenvalue weighted by Gasteiger charge is 2.31. The lowest BCUT2D eigenvalue weighted by Gasteiger charge is -2.29. The second-order valence-corrected chi connectivity index (χ2v) is 9.89. The normalized spacial score (nSPS) is 13.6. The number of phenols is 1. The molecule has 0 fully saturated rings. The van der Waals surface area contributed by atoms with Crippen molar-refractivity contribution in [2.45, 2.75) is 37.0 Å². The number of aromatic hydroxyl groups is 1. The number of hydrogen-bond donors (Lipinski definition) is 8. The van der Waals surface area contributed by atoms with E-state index < -0.39 is 66.9 Å². The first-order valence-electron chi connectivity index (χ1n) is 13.1. The Balaban J connectivity index is 2.04. The lowest BCUT2D eigenvalue weighted by atomic mass is 10.0.